The van der Waals surface area contributed by atoms with E-state index in [-0.39, 0.29) is 0 Å². The first-order chi connectivity index (χ1) is 8.85. The molecule has 0 bridgehead atoms. The molecule has 2 heterocycles. The van der Waals surface area contributed by atoms with Gasteiger partial charge in [0.15, 0.2) is 11.5 Å². The van der Waals surface area contributed by atoms with E-state index >= 15 is 0 Å². The molecular formula is C14H14N2O2. The van der Waals surface area contributed by atoms with Gasteiger partial charge in [-0.15, -0.1) is 0 Å². The second kappa shape index (κ2) is 4.56. The van der Waals surface area contributed by atoms with E-state index in [4.69, 9.17) is 8.83 Å². The maximum atomic E-state index is 5.57. The molecule has 1 N–H and O–H groups in total. The molecule has 0 aliphatic carbocycles. The van der Waals surface area contributed by atoms with Gasteiger partial charge >= 0.3 is 0 Å². The van der Waals surface area contributed by atoms with Gasteiger partial charge in [-0.2, -0.15) is 0 Å². The van der Waals surface area contributed by atoms with E-state index in [2.05, 4.69) is 10.3 Å². The van der Waals surface area contributed by atoms with Gasteiger partial charge in [-0.05, 0) is 24.3 Å². The van der Waals surface area contributed by atoms with Crippen molar-refractivity contribution in [2.45, 2.75) is 19.9 Å². The zero-order valence-electron chi connectivity index (χ0n) is 10.1. The van der Waals surface area contributed by atoms with Crippen molar-refractivity contribution >= 4 is 16.8 Å². The first-order valence-corrected chi connectivity index (χ1v) is 5.99. The van der Waals surface area contributed by atoms with Crippen molar-refractivity contribution in [3.63, 3.8) is 0 Å². The van der Waals surface area contributed by atoms with Crippen LogP contribution in [0.1, 0.15) is 18.4 Å². The number of hydrogen-bond donors (Lipinski definition) is 1. The van der Waals surface area contributed by atoms with Gasteiger partial charge < -0.3 is 14.2 Å². The van der Waals surface area contributed by atoms with Crippen molar-refractivity contribution in [1.82, 2.24) is 4.98 Å². The van der Waals surface area contributed by atoms with E-state index in [1.54, 1.807) is 12.5 Å². The highest BCUT2D eigenvalue weighted by atomic mass is 16.3. The summed E-state index contributed by atoms with van der Waals surface area (Å²) in [6, 6.07) is 7.88. The molecule has 0 fully saturated rings. The Kier molecular flexibility index (Phi) is 2.76. The first kappa shape index (κ1) is 10.9. The summed E-state index contributed by atoms with van der Waals surface area (Å²) in [5.74, 6) is 0.775. The molecule has 0 radical (unpaired) electrons. The number of aromatic nitrogens is 1. The number of benzene rings is 1. The quantitative estimate of drug-likeness (QED) is 0.759. The molecule has 2 aromatic heterocycles. The summed E-state index contributed by atoms with van der Waals surface area (Å²) in [7, 11) is 0. The van der Waals surface area contributed by atoms with Gasteiger partial charge in [0.05, 0.1) is 12.5 Å². The number of oxazole rings is 1. The summed E-state index contributed by atoms with van der Waals surface area (Å²) in [5.41, 5.74) is 3.87. The van der Waals surface area contributed by atoms with E-state index < -0.39 is 0 Å². The standard InChI is InChI=1S/C14H14N2O2/c1-2-14-16-12-7-11(3-4-13(12)18-14)15-8-10-5-6-17-9-10/h3-7,9,15H,2,8H2,1H3. The Balaban J connectivity index is 1.80. The molecule has 0 aliphatic heterocycles. The number of aryl methyl sites for hydroxylation is 1. The fourth-order valence-electron chi connectivity index (χ4n) is 1.83. The fraction of sp³-hybridized carbons (Fsp3) is 0.214. The SMILES string of the molecule is CCc1nc2cc(NCc3ccoc3)ccc2o1. The van der Waals surface area contributed by atoms with Crippen LogP contribution in [0.4, 0.5) is 5.69 Å². The smallest absolute Gasteiger partial charge is 0.195 e. The van der Waals surface area contributed by atoms with Crippen molar-refractivity contribution in [3.8, 4) is 0 Å². The van der Waals surface area contributed by atoms with Crippen molar-refractivity contribution in [1.29, 1.82) is 0 Å². The third kappa shape index (κ3) is 2.09. The van der Waals surface area contributed by atoms with Crippen LogP contribution < -0.4 is 5.32 Å². The summed E-state index contributed by atoms with van der Waals surface area (Å²) < 4.78 is 10.6. The zero-order valence-corrected chi connectivity index (χ0v) is 10.1. The number of hydrogen-bond acceptors (Lipinski definition) is 4. The van der Waals surface area contributed by atoms with Gasteiger partial charge in [0.25, 0.3) is 0 Å². The van der Waals surface area contributed by atoms with Gasteiger partial charge in [0.1, 0.15) is 5.52 Å². The van der Waals surface area contributed by atoms with E-state index in [1.807, 2.05) is 31.2 Å². The highest BCUT2D eigenvalue weighted by Crippen LogP contribution is 2.20. The molecule has 0 saturated heterocycles. The van der Waals surface area contributed by atoms with Crippen molar-refractivity contribution in [2.24, 2.45) is 0 Å². The summed E-state index contributed by atoms with van der Waals surface area (Å²) in [6.07, 6.45) is 4.22. The molecule has 0 spiro atoms. The van der Waals surface area contributed by atoms with Crippen LogP contribution in [0.3, 0.4) is 0 Å². The number of anilines is 1. The molecule has 3 aromatic rings. The Hall–Kier alpha value is -2.23. The number of fused-ring (bicyclic) bond motifs is 1. The summed E-state index contributed by atoms with van der Waals surface area (Å²) in [4.78, 5) is 4.41. The Morgan fingerprint density at radius 3 is 3.00 bits per heavy atom. The van der Waals surface area contributed by atoms with Crippen LogP contribution in [-0.2, 0) is 13.0 Å². The molecule has 1 aromatic carbocycles. The third-order valence-corrected chi connectivity index (χ3v) is 2.81. The summed E-state index contributed by atoms with van der Waals surface area (Å²) >= 11 is 0. The Bertz CT molecular complexity index is 641. The monoisotopic (exact) mass is 242 g/mol. The van der Waals surface area contributed by atoms with Crippen molar-refractivity contribution in [2.75, 3.05) is 5.32 Å². The average Bonchev–Trinajstić information content (AvgIpc) is 3.04. The van der Waals surface area contributed by atoms with Crippen molar-refractivity contribution < 1.29 is 8.83 Å². The highest BCUT2D eigenvalue weighted by molar-refractivity contribution is 5.77. The van der Waals surface area contributed by atoms with E-state index in [0.29, 0.717) is 0 Å². The van der Waals surface area contributed by atoms with Gasteiger partial charge in [-0.1, -0.05) is 6.92 Å². The van der Waals surface area contributed by atoms with Gasteiger partial charge in [0.2, 0.25) is 0 Å². The molecule has 0 saturated carbocycles. The minimum atomic E-state index is 0.737. The van der Waals surface area contributed by atoms with Crippen molar-refractivity contribution in [3.05, 3.63) is 48.2 Å². The van der Waals surface area contributed by atoms with Crippen LogP contribution in [0.5, 0.6) is 0 Å². The van der Waals surface area contributed by atoms with Crippen LogP contribution >= 0.6 is 0 Å². The average molecular weight is 242 g/mol. The lowest BCUT2D eigenvalue weighted by Crippen LogP contribution is -1.97. The Morgan fingerprint density at radius 1 is 1.28 bits per heavy atom. The molecule has 3 rings (SSSR count). The minimum Gasteiger partial charge on any atom is -0.472 e. The van der Waals surface area contributed by atoms with Crippen LogP contribution in [0.2, 0.25) is 0 Å². The molecule has 0 aliphatic rings. The second-order valence-corrected chi connectivity index (χ2v) is 4.13. The maximum absolute atomic E-state index is 5.57. The first-order valence-electron chi connectivity index (χ1n) is 5.99. The summed E-state index contributed by atoms with van der Waals surface area (Å²) in [6.45, 7) is 2.77. The van der Waals surface area contributed by atoms with E-state index in [9.17, 15) is 0 Å². The van der Waals surface area contributed by atoms with E-state index in [0.717, 1.165) is 41.2 Å². The topological polar surface area (TPSA) is 51.2 Å². The highest BCUT2D eigenvalue weighted by Gasteiger charge is 2.04. The lowest BCUT2D eigenvalue weighted by Gasteiger charge is -2.03. The summed E-state index contributed by atoms with van der Waals surface area (Å²) in [5, 5.41) is 3.32. The minimum absolute atomic E-state index is 0.737. The molecule has 18 heavy (non-hydrogen) atoms. The molecule has 0 atom stereocenters. The lowest BCUT2D eigenvalue weighted by molar-refractivity contribution is 0.538. The molecule has 0 amide bonds. The molecule has 0 unspecified atom stereocenters. The fourth-order valence-corrected chi connectivity index (χ4v) is 1.83. The molecule has 4 nitrogen and oxygen atoms in total. The Labute approximate surface area is 105 Å². The van der Waals surface area contributed by atoms with Crippen LogP contribution in [0.15, 0.2) is 45.6 Å². The number of nitrogens with zero attached hydrogens (tertiary/aromatic N) is 1. The maximum Gasteiger partial charge on any atom is 0.195 e. The lowest BCUT2D eigenvalue weighted by atomic mass is 10.2. The molecular weight excluding hydrogens is 228 g/mol. The van der Waals surface area contributed by atoms with Crippen LogP contribution in [0, 0.1) is 0 Å². The largest absolute Gasteiger partial charge is 0.472 e. The molecule has 4 heteroatoms. The number of nitrogens with one attached hydrogen (secondary N) is 1. The second-order valence-electron chi connectivity index (χ2n) is 4.13. The molecule has 92 valence electrons. The zero-order chi connectivity index (χ0) is 12.4. The third-order valence-electron chi connectivity index (χ3n) is 2.81. The van der Waals surface area contributed by atoms with Gasteiger partial charge in [0, 0.05) is 24.2 Å². The number of rotatable bonds is 4. The van der Waals surface area contributed by atoms with Crippen LogP contribution in [-0.4, -0.2) is 4.98 Å². The Morgan fingerprint density at radius 2 is 2.22 bits per heavy atom. The normalized spacial score (nSPS) is 10.9. The predicted molar refractivity (Wildman–Crippen MR) is 69.4 cm³/mol. The van der Waals surface area contributed by atoms with E-state index in [1.165, 1.54) is 0 Å². The van der Waals surface area contributed by atoms with Gasteiger partial charge in [-0.25, -0.2) is 4.98 Å². The van der Waals surface area contributed by atoms with Crippen LogP contribution in [0.25, 0.3) is 11.1 Å². The van der Waals surface area contributed by atoms with Gasteiger partial charge in [-0.3, -0.25) is 0 Å². The predicted octanol–water partition coefficient (Wildman–Crippen LogP) is 3.60. The number of furan rings is 1.